The van der Waals surface area contributed by atoms with Crippen molar-refractivity contribution in [3.05, 3.63) is 56.9 Å². The van der Waals surface area contributed by atoms with E-state index in [0.29, 0.717) is 29.4 Å². The lowest BCUT2D eigenvalue weighted by Crippen LogP contribution is -2.66. The summed E-state index contributed by atoms with van der Waals surface area (Å²) in [5, 5.41) is 15.5. The Balaban J connectivity index is 1.48. The molecule has 2 heterocycles. The summed E-state index contributed by atoms with van der Waals surface area (Å²) in [7, 11) is 1.88. The molecule has 2 fully saturated rings. The SMILES string of the molecule is Cc1nn(Cc2ccc(C(=O)N(C)[C@@H]3[C@H]4CCO[C@@H]4C3(C)C)cc2)c(C)c1[N+](=O)[O-]. The minimum atomic E-state index is -0.395. The number of amides is 1. The Labute approximate surface area is 176 Å². The number of carbonyl (C=O) groups is 1. The van der Waals surface area contributed by atoms with E-state index in [9.17, 15) is 14.9 Å². The van der Waals surface area contributed by atoms with E-state index in [1.807, 2.05) is 36.2 Å². The molecule has 2 aliphatic rings. The minimum absolute atomic E-state index is 0.00623. The Kier molecular flexibility index (Phi) is 4.92. The second-order valence-electron chi connectivity index (χ2n) is 9.06. The summed E-state index contributed by atoms with van der Waals surface area (Å²) in [6, 6.07) is 7.59. The molecule has 3 atom stereocenters. The molecular weight excluding hydrogens is 384 g/mol. The maximum atomic E-state index is 13.1. The molecule has 1 saturated carbocycles. The quantitative estimate of drug-likeness (QED) is 0.555. The summed E-state index contributed by atoms with van der Waals surface area (Å²) in [5.41, 5.74) is 2.51. The van der Waals surface area contributed by atoms with Crippen LogP contribution in [0.4, 0.5) is 5.69 Å². The van der Waals surface area contributed by atoms with Gasteiger partial charge in [-0.15, -0.1) is 0 Å². The first kappa shape index (κ1) is 20.5. The predicted molar refractivity (Wildman–Crippen MR) is 111 cm³/mol. The minimum Gasteiger partial charge on any atom is -0.377 e. The van der Waals surface area contributed by atoms with Gasteiger partial charge in [-0.25, -0.2) is 0 Å². The second-order valence-corrected chi connectivity index (χ2v) is 9.06. The van der Waals surface area contributed by atoms with Gasteiger partial charge >= 0.3 is 5.69 Å². The Hall–Kier alpha value is -2.74. The van der Waals surface area contributed by atoms with Crippen molar-refractivity contribution in [2.24, 2.45) is 11.3 Å². The van der Waals surface area contributed by atoms with Gasteiger partial charge in [0.15, 0.2) is 0 Å². The molecule has 1 aromatic heterocycles. The number of rotatable bonds is 5. The van der Waals surface area contributed by atoms with Crippen LogP contribution in [-0.2, 0) is 11.3 Å². The number of aromatic nitrogens is 2. The van der Waals surface area contributed by atoms with Gasteiger partial charge in [-0.2, -0.15) is 5.10 Å². The lowest BCUT2D eigenvalue weighted by molar-refractivity contribution is -0.386. The second kappa shape index (κ2) is 7.19. The zero-order valence-electron chi connectivity index (χ0n) is 18.1. The Bertz CT molecular complexity index is 995. The van der Waals surface area contributed by atoms with Crippen LogP contribution < -0.4 is 0 Å². The number of benzene rings is 1. The molecule has 1 aliphatic heterocycles. The molecule has 160 valence electrons. The molecule has 2 aromatic rings. The Morgan fingerprint density at radius 2 is 2.00 bits per heavy atom. The zero-order valence-corrected chi connectivity index (χ0v) is 18.1. The average molecular weight is 412 g/mol. The largest absolute Gasteiger partial charge is 0.377 e. The molecule has 0 unspecified atom stereocenters. The van der Waals surface area contributed by atoms with E-state index in [2.05, 4.69) is 18.9 Å². The molecule has 8 heteroatoms. The summed E-state index contributed by atoms with van der Waals surface area (Å²) >= 11 is 0. The molecule has 1 amide bonds. The normalized spacial score (nSPS) is 24.2. The first-order valence-electron chi connectivity index (χ1n) is 10.3. The fourth-order valence-corrected chi connectivity index (χ4v) is 5.45. The smallest absolute Gasteiger partial charge is 0.312 e. The molecule has 0 spiro atoms. The van der Waals surface area contributed by atoms with Gasteiger partial charge in [-0.1, -0.05) is 26.0 Å². The first-order valence-corrected chi connectivity index (χ1v) is 10.3. The van der Waals surface area contributed by atoms with Crippen LogP contribution in [0.25, 0.3) is 0 Å². The van der Waals surface area contributed by atoms with Gasteiger partial charge in [0.1, 0.15) is 11.4 Å². The van der Waals surface area contributed by atoms with Crippen LogP contribution >= 0.6 is 0 Å². The van der Waals surface area contributed by atoms with Crippen molar-refractivity contribution < 1.29 is 14.5 Å². The number of hydrogen-bond acceptors (Lipinski definition) is 5. The van der Waals surface area contributed by atoms with E-state index in [4.69, 9.17) is 4.74 Å². The molecular formula is C22H28N4O4. The molecule has 0 N–H and O–H groups in total. The van der Waals surface area contributed by atoms with Crippen LogP contribution in [0.3, 0.4) is 0 Å². The fourth-order valence-electron chi connectivity index (χ4n) is 5.45. The van der Waals surface area contributed by atoms with E-state index < -0.39 is 4.92 Å². The Morgan fingerprint density at radius 1 is 1.33 bits per heavy atom. The maximum absolute atomic E-state index is 13.1. The highest BCUT2D eigenvalue weighted by molar-refractivity contribution is 5.94. The van der Waals surface area contributed by atoms with Crippen molar-refractivity contribution in [2.45, 2.75) is 52.8 Å². The van der Waals surface area contributed by atoms with Crippen molar-refractivity contribution in [3.8, 4) is 0 Å². The van der Waals surface area contributed by atoms with Crippen molar-refractivity contribution in [1.29, 1.82) is 0 Å². The summed E-state index contributed by atoms with van der Waals surface area (Å²) in [5.74, 6) is 0.418. The van der Waals surface area contributed by atoms with E-state index >= 15 is 0 Å². The van der Waals surface area contributed by atoms with Crippen molar-refractivity contribution in [3.63, 3.8) is 0 Å². The summed E-state index contributed by atoms with van der Waals surface area (Å²) in [4.78, 5) is 25.8. The van der Waals surface area contributed by atoms with E-state index in [1.54, 1.807) is 18.5 Å². The fraction of sp³-hybridized carbons (Fsp3) is 0.545. The number of ether oxygens (including phenoxy) is 1. The van der Waals surface area contributed by atoms with E-state index in [-0.39, 0.29) is 29.2 Å². The molecule has 4 rings (SSSR count). The van der Waals surface area contributed by atoms with E-state index in [0.717, 1.165) is 18.6 Å². The van der Waals surface area contributed by atoms with Crippen LogP contribution in [0.5, 0.6) is 0 Å². The number of nitrogens with zero attached hydrogens (tertiary/aromatic N) is 4. The van der Waals surface area contributed by atoms with Crippen molar-refractivity contribution >= 4 is 11.6 Å². The lowest BCUT2D eigenvalue weighted by Gasteiger charge is -2.57. The number of nitro groups is 1. The van der Waals surface area contributed by atoms with Gasteiger partial charge in [0, 0.05) is 36.6 Å². The summed E-state index contributed by atoms with van der Waals surface area (Å²) in [6.07, 6.45) is 1.24. The summed E-state index contributed by atoms with van der Waals surface area (Å²) in [6.45, 7) is 8.87. The molecule has 30 heavy (non-hydrogen) atoms. The van der Waals surface area contributed by atoms with Gasteiger partial charge in [0.05, 0.1) is 17.6 Å². The number of fused-ring (bicyclic) bond motifs is 1. The molecule has 8 nitrogen and oxygen atoms in total. The van der Waals surface area contributed by atoms with Gasteiger partial charge in [0.2, 0.25) is 0 Å². The lowest BCUT2D eigenvalue weighted by atomic mass is 9.56. The highest BCUT2D eigenvalue weighted by atomic mass is 16.6. The number of aryl methyl sites for hydroxylation is 1. The highest BCUT2D eigenvalue weighted by Gasteiger charge is 2.61. The van der Waals surface area contributed by atoms with Gasteiger partial charge < -0.3 is 9.64 Å². The van der Waals surface area contributed by atoms with Crippen LogP contribution in [0, 0.1) is 35.3 Å². The van der Waals surface area contributed by atoms with Gasteiger partial charge in [-0.05, 0) is 38.0 Å². The molecule has 0 radical (unpaired) electrons. The molecule has 1 saturated heterocycles. The molecule has 1 aliphatic carbocycles. The first-order chi connectivity index (χ1) is 14.1. The van der Waals surface area contributed by atoms with Crippen LogP contribution in [0.1, 0.15) is 47.6 Å². The van der Waals surface area contributed by atoms with Crippen LogP contribution in [-0.4, -0.2) is 51.3 Å². The van der Waals surface area contributed by atoms with Gasteiger partial charge in [0.25, 0.3) is 5.91 Å². The van der Waals surface area contributed by atoms with E-state index in [1.165, 1.54) is 0 Å². The third kappa shape index (κ3) is 3.10. The topological polar surface area (TPSA) is 90.5 Å². The van der Waals surface area contributed by atoms with Crippen LogP contribution in [0.2, 0.25) is 0 Å². The van der Waals surface area contributed by atoms with Crippen molar-refractivity contribution in [2.75, 3.05) is 13.7 Å². The van der Waals surface area contributed by atoms with Gasteiger partial charge in [-0.3, -0.25) is 19.6 Å². The Morgan fingerprint density at radius 3 is 2.60 bits per heavy atom. The van der Waals surface area contributed by atoms with Crippen LogP contribution in [0.15, 0.2) is 24.3 Å². The molecule has 0 bridgehead atoms. The van der Waals surface area contributed by atoms with Crippen molar-refractivity contribution in [1.82, 2.24) is 14.7 Å². The predicted octanol–water partition coefficient (Wildman–Crippen LogP) is 3.34. The standard InChI is InChI=1S/C22H28N4O4/c1-13-18(26(28)29)14(2)25(23-13)12-15-6-8-16(9-7-15)21(27)24(5)19-17-10-11-30-20(17)22(19,3)4/h6-9,17,19-20H,10-12H2,1-5H3/t17-,19-,20+/m1/s1. The number of carbonyl (C=O) groups excluding carboxylic acids is 1. The molecule has 1 aromatic carbocycles. The number of hydrogen-bond donors (Lipinski definition) is 0. The zero-order chi connectivity index (χ0) is 21.8. The summed E-state index contributed by atoms with van der Waals surface area (Å²) < 4.78 is 7.48. The maximum Gasteiger partial charge on any atom is 0.312 e. The third-order valence-corrected chi connectivity index (χ3v) is 6.84. The highest BCUT2D eigenvalue weighted by Crippen LogP contribution is 2.54. The monoisotopic (exact) mass is 412 g/mol. The average Bonchev–Trinajstić information content (AvgIpc) is 3.24. The third-order valence-electron chi connectivity index (χ3n) is 6.84.